The molecule has 0 radical (unpaired) electrons. The quantitative estimate of drug-likeness (QED) is 0.816. The molecule has 18 heavy (non-hydrogen) atoms. The number of rotatable bonds is 3. The Morgan fingerprint density at radius 3 is 2.89 bits per heavy atom. The van der Waals surface area contributed by atoms with Crippen LogP contribution in [-0.2, 0) is 0 Å². The van der Waals surface area contributed by atoms with Crippen LogP contribution in [0.15, 0.2) is 23.1 Å². The molecule has 1 aliphatic carbocycles. The van der Waals surface area contributed by atoms with Crippen molar-refractivity contribution in [2.75, 3.05) is 7.11 Å². The van der Waals surface area contributed by atoms with E-state index in [0.29, 0.717) is 5.25 Å². The van der Waals surface area contributed by atoms with E-state index in [2.05, 4.69) is 13.0 Å². The number of methoxy groups -OCH3 is 1. The highest BCUT2D eigenvalue weighted by atomic mass is 32.2. The van der Waals surface area contributed by atoms with Crippen LogP contribution in [0.25, 0.3) is 0 Å². The maximum Gasteiger partial charge on any atom is 0.120 e. The van der Waals surface area contributed by atoms with Gasteiger partial charge in [-0.3, -0.25) is 0 Å². The molecule has 96 valence electrons. The molecule has 1 saturated carbocycles. The molecule has 0 saturated heterocycles. The van der Waals surface area contributed by atoms with Gasteiger partial charge in [0.05, 0.1) is 12.7 Å². The molecule has 0 heterocycles. The van der Waals surface area contributed by atoms with Gasteiger partial charge in [-0.05, 0) is 37.0 Å². The van der Waals surface area contributed by atoms with Crippen LogP contribution >= 0.6 is 11.8 Å². The first kappa shape index (κ1) is 13.3. The first-order chi connectivity index (χ1) is 8.72. The van der Waals surface area contributed by atoms with Gasteiger partial charge in [0.25, 0.3) is 0 Å². The molecule has 2 nitrogen and oxygen atoms in total. The average molecular weight is 261 g/mol. The lowest BCUT2D eigenvalue weighted by molar-refractivity contribution is 0.394. The fourth-order valence-electron chi connectivity index (χ4n) is 2.48. The maximum atomic E-state index is 9.16. The Labute approximate surface area is 113 Å². The van der Waals surface area contributed by atoms with Gasteiger partial charge < -0.3 is 4.74 Å². The SMILES string of the molecule is COc1ccc(C#N)c(SC2CCCC(C)C2)c1. The maximum absolute atomic E-state index is 9.16. The summed E-state index contributed by atoms with van der Waals surface area (Å²) in [4.78, 5) is 1.07. The highest BCUT2D eigenvalue weighted by molar-refractivity contribution is 8.00. The first-order valence-corrected chi connectivity index (χ1v) is 7.35. The molecule has 0 amide bonds. The molecule has 1 aliphatic rings. The molecule has 1 aromatic rings. The van der Waals surface area contributed by atoms with Crippen LogP contribution in [0.3, 0.4) is 0 Å². The topological polar surface area (TPSA) is 33.0 Å². The molecule has 0 aromatic heterocycles. The summed E-state index contributed by atoms with van der Waals surface area (Å²) in [5, 5.41) is 9.81. The van der Waals surface area contributed by atoms with Crippen molar-refractivity contribution in [1.29, 1.82) is 5.26 Å². The molecule has 0 bridgehead atoms. The van der Waals surface area contributed by atoms with Gasteiger partial charge in [0.1, 0.15) is 11.8 Å². The number of hydrogen-bond donors (Lipinski definition) is 0. The largest absolute Gasteiger partial charge is 0.497 e. The Balaban J connectivity index is 2.14. The lowest BCUT2D eigenvalue weighted by Gasteiger charge is -2.26. The van der Waals surface area contributed by atoms with Crippen molar-refractivity contribution in [3.8, 4) is 11.8 Å². The van der Waals surface area contributed by atoms with Crippen molar-refractivity contribution in [3.05, 3.63) is 23.8 Å². The highest BCUT2D eigenvalue weighted by Gasteiger charge is 2.21. The number of ether oxygens (including phenoxy) is 1. The van der Waals surface area contributed by atoms with E-state index in [4.69, 9.17) is 10.00 Å². The van der Waals surface area contributed by atoms with Gasteiger partial charge in [0.2, 0.25) is 0 Å². The average Bonchev–Trinajstić information content (AvgIpc) is 2.38. The first-order valence-electron chi connectivity index (χ1n) is 6.47. The van der Waals surface area contributed by atoms with Crippen LogP contribution in [0, 0.1) is 17.2 Å². The van der Waals surface area contributed by atoms with E-state index in [1.54, 1.807) is 7.11 Å². The van der Waals surface area contributed by atoms with Crippen molar-refractivity contribution >= 4 is 11.8 Å². The van der Waals surface area contributed by atoms with Crippen LogP contribution < -0.4 is 4.74 Å². The second-order valence-corrected chi connectivity index (χ2v) is 6.33. The van der Waals surface area contributed by atoms with Gasteiger partial charge in [0.15, 0.2) is 0 Å². The number of benzene rings is 1. The fraction of sp³-hybridized carbons (Fsp3) is 0.533. The molecule has 0 aliphatic heterocycles. The molecule has 1 aromatic carbocycles. The summed E-state index contributed by atoms with van der Waals surface area (Å²) >= 11 is 1.85. The van der Waals surface area contributed by atoms with E-state index >= 15 is 0 Å². The molecular formula is C15H19NOS. The van der Waals surface area contributed by atoms with Crippen LogP contribution in [0.4, 0.5) is 0 Å². The molecular weight excluding hydrogens is 242 g/mol. The van der Waals surface area contributed by atoms with E-state index in [0.717, 1.165) is 22.1 Å². The molecule has 2 rings (SSSR count). The minimum absolute atomic E-state index is 0.646. The Hall–Kier alpha value is -1.14. The predicted octanol–water partition coefficient (Wildman–Crippen LogP) is 4.24. The third-order valence-corrected chi connectivity index (χ3v) is 4.84. The highest BCUT2D eigenvalue weighted by Crippen LogP contribution is 2.38. The van der Waals surface area contributed by atoms with Crippen LogP contribution in [0.5, 0.6) is 5.75 Å². The van der Waals surface area contributed by atoms with E-state index < -0.39 is 0 Å². The Morgan fingerprint density at radius 1 is 1.39 bits per heavy atom. The van der Waals surface area contributed by atoms with E-state index in [9.17, 15) is 0 Å². The number of nitrogens with zero attached hydrogens (tertiary/aromatic N) is 1. The Bertz CT molecular complexity index is 452. The molecule has 3 heteroatoms. The lowest BCUT2D eigenvalue weighted by atomic mass is 9.91. The second-order valence-electron chi connectivity index (χ2n) is 4.99. The lowest BCUT2D eigenvalue weighted by Crippen LogP contribution is -2.15. The normalized spacial score (nSPS) is 23.4. The monoisotopic (exact) mass is 261 g/mol. The molecule has 2 unspecified atom stereocenters. The molecule has 0 spiro atoms. The summed E-state index contributed by atoms with van der Waals surface area (Å²) < 4.78 is 5.24. The fourth-order valence-corrected chi connectivity index (χ4v) is 3.98. The van der Waals surface area contributed by atoms with Gasteiger partial charge in [-0.15, -0.1) is 11.8 Å². The summed E-state index contributed by atoms with van der Waals surface area (Å²) in [6.07, 6.45) is 5.18. The van der Waals surface area contributed by atoms with Crippen LogP contribution in [0.2, 0.25) is 0 Å². The molecule has 2 atom stereocenters. The minimum Gasteiger partial charge on any atom is -0.497 e. The van der Waals surface area contributed by atoms with Crippen LogP contribution in [-0.4, -0.2) is 12.4 Å². The smallest absolute Gasteiger partial charge is 0.120 e. The standard InChI is InChI=1S/C15H19NOS/c1-11-4-3-5-14(8-11)18-15-9-13(17-2)7-6-12(15)10-16/h6-7,9,11,14H,3-5,8H2,1-2H3. The van der Waals surface area contributed by atoms with Gasteiger partial charge in [0, 0.05) is 10.1 Å². The minimum atomic E-state index is 0.646. The van der Waals surface area contributed by atoms with Crippen molar-refractivity contribution in [3.63, 3.8) is 0 Å². The summed E-state index contributed by atoms with van der Waals surface area (Å²) in [5.41, 5.74) is 0.763. The number of thioether (sulfide) groups is 1. The zero-order valence-corrected chi connectivity index (χ0v) is 11.8. The molecule has 1 fully saturated rings. The van der Waals surface area contributed by atoms with E-state index in [1.165, 1.54) is 25.7 Å². The van der Waals surface area contributed by atoms with E-state index in [1.807, 2.05) is 30.0 Å². The molecule has 0 N–H and O–H groups in total. The summed E-state index contributed by atoms with van der Waals surface area (Å²) in [6.45, 7) is 2.32. The number of hydrogen-bond acceptors (Lipinski definition) is 3. The Kier molecular flexibility index (Phi) is 4.54. The van der Waals surface area contributed by atoms with Gasteiger partial charge in [-0.1, -0.05) is 19.8 Å². The second kappa shape index (κ2) is 6.15. The van der Waals surface area contributed by atoms with Crippen LogP contribution in [0.1, 0.15) is 38.2 Å². The van der Waals surface area contributed by atoms with Gasteiger partial charge >= 0.3 is 0 Å². The zero-order chi connectivity index (χ0) is 13.0. The van der Waals surface area contributed by atoms with Gasteiger partial charge in [-0.25, -0.2) is 0 Å². The third-order valence-electron chi connectivity index (χ3n) is 3.49. The van der Waals surface area contributed by atoms with Crippen molar-refractivity contribution in [2.24, 2.45) is 5.92 Å². The van der Waals surface area contributed by atoms with Gasteiger partial charge in [-0.2, -0.15) is 5.26 Å². The van der Waals surface area contributed by atoms with Crippen molar-refractivity contribution < 1.29 is 4.74 Å². The zero-order valence-electron chi connectivity index (χ0n) is 11.0. The summed E-state index contributed by atoms with van der Waals surface area (Å²) in [6, 6.07) is 7.97. The van der Waals surface area contributed by atoms with Crippen molar-refractivity contribution in [2.45, 2.75) is 42.8 Å². The predicted molar refractivity (Wildman–Crippen MR) is 75.0 cm³/mol. The Morgan fingerprint density at radius 2 is 2.22 bits per heavy atom. The van der Waals surface area contributed by atoms with Crippen molar-refractivity contribution in [1.82, 2.24) is 0 Å². The summed E-state index contributed by atoms with van der Waals surface area (Å²) in [7, 11) is 1.67. The van der Waals surface area contributed by atoms with E-state index in [-0.39, 0.29) is 0 Å². The number of nitriles is 1. The summed E-state index contributed by atoms with van der Waals surface area (Å²) in [5.74, 6) is 1.65. The third kappa shape index (κ3) is 3.20.